The zero-order valence-corrected chi connectivity index (χ0v) is 11.6. The molecule has 8 nitrogen and oxygen atoms in total. The number of aromatic nitrogens is 4. The molecule has 0 saturated heterocycles. The molecule has 0 saturated carbocycles. The Morgan fingerprint density at radius 2 is 2.14 bits per heavy atom. The maximum atomic E-state index is 11.2. The van der Waals surface area contributed by atoms with Crippen molar-refractivity contribution >= 4 is 33.4 Å². The topological polar surface area (TPSA) is 124 Å². The number of carbonyl (C=O) groups is 2. The number of aromatic carboxylic acids is 1. The second-order valence-electron chi connectivity index (χ2n) is 4.25. The number of fused-ring (bicyclic) bond motifs is 1. The lowest BCUT2D eigenvalue weighted by molar-refractivity contribution is 0.0701. The van der Waals surface area contributed by atoms with Gasteiger partial charge in [0.25, 0.3) is 5.91 Å². The van der Waals surface area contributed by atoms with Crippen LogP contribution in [-0.4, -0.2) is 36.7 Å². The van der Waals surface area contributed by atoms with E-state index in [2.05, 4.69) is 15.1 Å². The fraction of sp³-hybridized carbons (Fsp3) is 0.0833. The van der Waals surface area contributed by atoms with E-state index in [1.54, 1.807) is 13.1 Å². The number of carboxylic acid groups (broad SMARTS) is 1. The Kier molecular flexibility index (Phi) is 2.91. The third-order valence-electron chi connectivity index (χ3n) is 2.96. The molecule has 3 N–H and O–H groups in total. The standard InChI is InChI=1S/C12H9N5O3S/c1-5-7-10(17-3-2-6(16-17)9(13)18)14-4-15-11(7)21-8(5)12(19)20/h2-4H,1H3,(H2,13,18)(H,19,20). The van der Waals surface area contributed by atoms with Crippen LogP contribution in [0.3, 0.4) is 0 Å². The number of nitrogens with zero attached hydrogens (tertiary/aromatic N) is 4. The van der Waals surface area contributed by atoms with Crippen LogP contribution in [0.5, 0.6) is 0 Å². The van der Waals surface area contributed by atoms with Gasteiger partial charge in [-0.05, 0) is 18.6 Å². The first kappa shape index (κ1) is 13.2. The van der Waals surface area contributed by atoms with E-state index in [1.165, 1.54) is 17.1 Å². The Morgan fingerprint density at radius 3 is 2.76 bits per heavy atom. The Balaban J connectivity index is 2.27. The van der Waals surface area contributed by atoms with Crippen LogP contribution in [0.25, 0.3) is 16.0 Å². The minimum Gasteiger partial charge on any atom is -0.477 e. The number of nitrogens with two attached hydrogens (primary N) is 1. The summed E-state index contributed by atoms with van der Waals surface area (Å²) in [7, 11) is 0. The van der Waals surface area contributed by atoms with Crippen molar-refractivity contribution in [3.8, 4) is 5.82 Å². The molecule has 106 valence electrons. The number of rotatable bonds is 3. The number of amides is 1. The van der Waals surface area contributed by atoms with Crippen LogP contribution >= 0.6 is 11.3 Å². The van der Waals surface area contributed by atoms with Crippen LogP contribution < -0.4 is 5.73 Å². The fourth-order valence-corrected chi connectivity index (χ4v) is 2.99. The number of primary amides is 1. The van der Waals surface area contributed by atoms with Crippen molar-refractivity contribution in [3.05, 3.63) is 34.7 Å². The van der Waals surface area contributed by atoms with Gasteiger partial charge in [0, 0.05) is 6.20 Å². The van der Waals surface area contributed by atoms with E-state index in [1.807, 2.05) is 0 Å². The minimum absolute atomic E-state index is 0.105. The first-order valence-electron chi connectivity index (χ1n) is 5.82. The van der Waals surface area contributed by atoms with Crippen LogP contribution in [0.1, 0.15) is 25.7 Å². The molecule has 3 heterocycles. The molecule has 0 aliphatic rings. The van der Waals surface area contributed by atoms with Crippen molar-refractivity contribution in [2.45, 2.75) is 6.92 Å². The fourth-order valence-electron chi connectivity index (χ4n) is 2.00. The van der Waals surface area contributed by atoms with E-state index in [0.29, 0.717) is 21.6 Å². The van der Waals surface area contributed by atoms with E-state index in [4.69, 9.17) is 5.73 Å². The molecule has 21 heavy (non-hydrogen) atoms. The molecule has 0 aromatic carbocycles. The van der Waals surface area contributed by atoms with Gasteiger partial charge in [0.05, 0.1) is 5.39 Å². The zero-order valence-electron chi connectivity index (χ0n) is 10.8. The number of carbonyl (C=O) groups excluding carboxylic acids is 1. The lowest BCUT2D eigenvalue weighted by Crippen LogP contribution is -2.12. The number of thiophene rings is 1. The average molecular weight is 303 g/mol. The molecule has 0 unspecified atom stereocenters. The van der Waals surface area contributed by atoms with Gasteiger partial charge in [0.1, 0.15) is 21.7 Å². The molecule has 0 aliphatic heterocycles. The summed E-state index contributed by atoms with van der Waals surface area (Å²) in [4.78, 5) is 31.3. The van der Waals surface area contributed by atoms with E-state index < -0.39 is 11.9 Å². The van der Waals surface area contributed by atoms with Crippen LogP contribution in [0.2, 0.25) is 0 Å². The Labute approximate surface area is 121 Å². The molecule has 0 radical (unpaired) electrons. The summed E-state index contributed by atoms with van der Waals surface area (Å²) in [6, 6.07) is 1.47. The molecule has 3 aromatic rings. The van der Waals surface area contributed by atoms with Crippen molar-refractivity contribution in [2.75, 3.05) is 0 Å². The van der Waals surface area contributed by atoms with Gasteiger partial charge in [-0.25, -0.2) is 19.4 Å². The molecule has 0 bridgehead atoms. The normalized spacial score (nSPS) is 10.9. The smallest absolute Gasteiger partial charge is 0.346 e. The summed E-state index contributed by atoms with van der Waals surface area (Å²) in [5, 5.41) is 13.8. The SMILES string of the molecule is Cc1c(C(=O)O)sc2ncnc(-n3ccc(C(N)=O)n3)c12. The Hall–Kier alpha value is -2.81. The third kappa shape index (κ3) is 2.03. The molecule has 9 heteroatoms. The summed E-state index contributed by atoms with van der Waals surface area (Å²) in [5.74, 6) is -1.25. The summed E-state index contributed by atoms with van der Waals surface area (Å²) in [6.45, 7) is 1.69. The van der Waals surface area contributed by atoms with Crippen molar-refractivity contribution in [1.29, 1.82) is 0 Å². The van der Waals surface area contributed by atoms with E-state index in [-0.39, 0.29) is 10.6 Å². The maximum Gasteiger partial charge on any atom is 0.346 e. The van der Waals surface area contributed by atoms with Gasteiger partial charge in [0.15, 0.2) is 5.82 Å². The average Bonchev–Trinajstić information content (AvgIpc) is 3.04. The first-order chi connectivity index (χ1) is 9.99. The van der Waals surface area contributed by atoms with Gasteiger partial charge in [-0.2, -0.15) is 5.10 Å². The van der Waals surface area contributed by atoms with E-state index in [9.17, 15) is 14.7 Å². The number of carboxylic acids is 1. The van der Waals surface area contributed by atoms with Crippen molar-refractivity contribution < 1.29 is 14.7 Å². The van der Waals surface area contributed by atoms with Gasteiger partial charge >= 0.3 is 5.97 Å². The van der Waals surface area contributed by atoms with Gasteiger partial charge in [0.2, 0.25) is 0 Å². The zero-order chi connectivity index (χ0) is 15.1. The summed E-state index contributed by atoms with van der Waals surface area (Å²) < 4.78 is 1.38. The molecule has 0 aliphatic carbocycles. The largest absolute Gasteiger partial charge is 0.477 e. The molecule has 0 fully saturated rings. The maximum absolute atomic E-state index is 11.2. The highest BCUT2D eigenvalue weighted by atomic mass is 32.1. The molecular weight excluding hydrogens is 294 g/mol. The van der Waals surface area contributed by atoms with Crippen LogP contribution in [0.15, 0.2) is 18.6 Å². The van der Waals surface area contributed by atoms with Crippen LogP contribution in [-0.2, 0) is 0 Å². The molecule has 0 spiro atoms. The second kappa shape index (κ2) is 4.63. The number of hydrogen-bond acceptors (Lipinski definition) is 6. The lowest BCUT2D eigenvalue weighted by atomic mass is 10.2. The molecule has 3 rings (SSSR count). The second-order valence-corrected chi connectivity index (χ2v) is 5.25. The number of aryl methyl sites for hydroxylation is 1. The summed E-state index contributed by atoms with van der Waals surface area (Å²) >= 11 is 1.07. The van der Waals surface area contributed by atoms with Gasteiger partial charge < -0.3 is 10.8 Å². The van der Waals surface area contributed by atoms with Crippen LogP contribution in [0.4, 0.5) is 0 Å². The Bertz CT molecular complexity index is 882. The highest BCUT2D eigenvalue weighted by Crippen LogP contribution is 2.32. The molecule has 1 amide bonds. The molecular formula is C12H9N5O3S. The van der Waals surface area contributed by atoms with Gasteiger partial charge in [-0.15, -0.1) is 11.3 Å². The monoisotopic (exact) mass is 303 g/mol. The van der Waals surface area contributed by atoms with Gasteiger partial charge in [-0.1, -0.05) is 0 Å². The summed E-state index contributed by atoms with van der Waals surface area (Å²) in [5.41, 5.74) is 5.84. The first-order valence-corrected chi connectivity index (χ1v) is 6.64. The quantitative estimate of drug-likeness (QED) is 0.743. The van der Waals surface area contributed by atoms with Crippen molar-refractivity contribution in [3.63, 3.8) is 0 Å². The minimum atomic E-state index is -1.01. The molecule has 3 aromatic heterocycles. The lowest BCUT2D eigenvalue weighted by Gasteiger charge is -2.02. The highest BCUT2D eigenvalue weighted by molar-refractivity contribution is 7.20. The molecule has 0 atom stereocenters. The van der Waals surface area contributed by atoms with Crippen molar-refractivity contribution in [2.24, 2.45) is 5.73 Å². The predicted molar refractivity (Wildman–Crippen MR) is 74.8 cm³/mol. The third-order valence-corrected chi connectivity index (χ3v) is 4.15. The van der Waals surface area contributed by atoms with Gasteiger partial charge in [-0.3, -0.25) is 4.79 Å². The summed E-state index contributed by atoms with van der Waals surface area (Å²) in [6.07, 6.45) is 2.87. The number of hydrogen-bond donors (Lipinski definition) is 2. The van der Waals surface area contributed by atoms with E-state index in [0.717, 1.165) is 11.3 Å². The predicted octanol–water partition coefficient (Wildman–Crippen LogP) is 0.983. The highest BCUT2D eigenvalue weighted by Gasteiger charge is 2.20. The van der Waals surface area contributed by atoms with E-state index >= 15 is 0 Å². The Morgan fingerprint density at radius 1 is 1.38 bits per heavy atom. The van der Waals surface area contributed by atoms with Crippen LogP contribution in [0, 0.1) is 6.92 Å². The van der Waals surface area contributed by atoms with Crippen molar-refractivity contribution in [1.82, 2.24) is 19.7 Å².